The first-order valence-corrected chi connectivity index (χ1v) is 13.9. The number of morpholine rings is 1. The summed E-state index contributed by atoms with van der Waals surface area (Å²) >= 11 is 0. The Morgan fingerprint density at radius 2 is 1.90 bits per heavy atom. The molecule has 40 heavy (non-hydrogen) atoms. The molecule has 1 aliphatic carbocycles. The van der Waals surface area contributed by atoms with Crippen molar-refractivity contribution in [2.75, 3.05) is 44.7 Å². The topological polar surface area (TPSA) is 87.7 Å². The number of likely N-dealkylation sites (tertiary alicyclic amines) is 1. The number of amides is 2. The van der Waals surface area contributed by atoms with Gasteiger partial charge in [0.15, 0.2) is 0 Å². The molecule has 3 aliphatic rings. The Morgan fingerprint density at radius 1 is 1.05 bits per heavy atom. The van der Waals surface area contributed by atoms with Crippen molar-refractivity contribution in [1.82, 2.24) is 19.8 Å². The average Bonchev–Trinajstić information content (AvgIpc) is 3.59. The number of nitrogens with one attached hydrogen (secondary N) is 1. The number of hydrogen-bond acceptors (Lipinski definition) is 6. The minimum atomic E-state index is -0.258. The third-order valence-corrected chi connectivity index (χ3v) is 7.90. The van der Waals surface area contributed by atoms with Gasteiger partial charge in [-0.2, -0.15) is 0 Å². The summed E-state index contributed by atoms with van der Waals surface area (Å²) in [6.45, 7) is 5.14. The molecule has 2 amide bonds. The molecule has 6 rings (SSSR count). The molecule has 1 N–H and O–H groups in total. The van der Waals surface area contributed by atoms with E-state index in [0.29, 0.717) is 43.0 Å². The lowest BCUT2D eigenvalue weighted by molar-refractivity contribution is -0.125. The first-order chi connectivity index (χ1) is 19.6. The maximum Gasteiger partial charge on any atom is 0.258 e. The lowest BCUT2D eigenvalue weighted by Gasteiger charge is -2.27. The Labute approximate surface area is 234 Å². The molecule has 8 heteroatoms. The summed E-state index contributed by atoms with van der Waals surface area (Å²) in [4.78, 5) is 38.7. The van der Waals surface area contributed by atoms with Gasteiger partial charge in [0.05, 0.1) is 18.8 Å². The molecule has 4 heterocycles. The maximum atomic E-state index is 13.1. The minimum Gasteiger partial charge on any atom is -0.379 e. The van der Waals surface area contributed by atoms with Crippen LogP contribution >= 0.6 is 0 Å². The van der Waals surface area contributed by atoms with Crippen LogP contribution in [0.5, 0.6) is 0 Å². The molecule has 2 unspecified atom stereocenters. The van der Waals surface area contributed by atoms with Gasteiger partial charge >= 0.3 is 0 Å². The van der Waals surface area contributed by atoms with E-state index in [1.54, 1.807) is 30.6 Å². The highest BCUT2D eigenvalue weighted by atomic mass is 16.5. The normalized spacial score (nSPS) is 20.9. The summed E-state index contributed by atoms with van der Waals surface area (Å²) in [5.41, 5.74) is 4.87. The van der Waals surface area contributed by atoms with Crippen molar-refractivity contribution >= 4 is 29.3 Å². The number of aromatic nitrogens is 2. The molecule has 3 aromatic rings. The number of ether oxygens (including phenoxy) is 1. The van der Waals surface area contributed by atoms with E-state index in [0.717, 1.165) is 43.7 Å². The van der Waals surface area contributed by atoms with Crippen LogP contribution in [-0.2, 0) is 16.1 Å². The summed E-state index contributed by atoms with van der Waals surface area (Å²) in [6, 6.07) is 16.0. The zero-order valence-electron chi connectivity index (χ0n) is 22.4. The van der Waals surface area contributed by atoms with E-state index >= 15 is 0 Å². The lowest BCUT2D eigenvalue weighted by atomic mass is 9.98. The fraction of sp³-hybridized carbons (Fsp3) is 0.312. The first-order valence-electron chi connectivity index (χ1n) is 13.9. The van der Waals surface area contributed by atoms with Gasteiger partial charge in [-0.15, -0.1) is 0 Å². The van der Waals surface area contributed by atoms with Crippen LogP contribution in [0.4, 0.5) is 5.82 Å². The third-order valence-electron chi connectivity index (χ3n) is 7.90. The van der Waals surface area contributed by atoms with Crippen LogP contribution in [0.1, 0.15) is 33.5 Å². The van der Waals surface area contributed by atoms with Crippen molar-refractivity contribution in [2.45, 2.75) is 13.0 Å². The van der Waals surface area contributed by atoms with Crippen molar-refractivity contribution in [3.63, 3.8) is 0 Å². The summed E-state index contributed by atoms with van der Waals surface area (Å²) in [7, 11) is 0. The van der Waals surface area contributed by atoms with E-state index in [2.05, 4.69) is 50.5 Å². The van der Waals surface area contributed by atoms with Crippen LogP contribution < -0.4 is 5.32 Å². The third kappa shape index (κ3) is 6.03. The maximum absolute atomic E-state index is 13.1. The number of anilines is 1. The predicted molar refractivity (Wildman–Crippen MR) is 154 cm³/mol. The van der Waals surface area contributed by atoms with Gasteiger partial charge in [-0.3, -0.25) is 19.5 Å². The number of allylic oxidation sites excluding steroid dienone is 1. The molecule has 2 atom stereocenters. The van der Waals surface area contributed by atoms with Gasteiger partial charge < -0.3 is 15.0 Å². The number of carbonyl (C=O) groups is 2. The second kappa shape index (κ2) is 11.9. The van der Waals surface area contributed by atoms with E-state index in [4.69, 9.17) is 4.74 Å². The van der Waals surface area contributed by atoms with Crippen molar-refractivity contribution in [1.29, 1.82) is 0 Å². The summed E-state index contributed by atoms with van der Waals surface area (Å²) in [5.74, 6) is 1.17. The minimum absolute atomic E-state index is 0.0211. The van der Waals surface area contributed by atoms with E-state index in [1.165, 1.54) is 17.3 Å². The summed E-state index contributed by atoms with van der Waals surface area (Å²) < 4.78 is 5.49. The fourth-order valence-electron chi connectivity index (χ4n) is 5.76. The van der Waals surface area contributed by atoms with Gasteiger partial charge in [0.25, 0.3) is 5.91 Å². The second-order valence-electron chi connectivity index (χ2n) is 10.6. The molecule has 2 saturated heterocycles. The van der Waals surface area contributed by atoms with E-state index < -0.39 is 0 Å². The lowest BCUT2D eigenvalue weighted by Crippen LogP contribution is -2.36. The molecule has 1 aromatic carbocycles. The van der Waals surface area contributed by atoms with Crippen molar-refractivity contribution in [3.8, 4) is 0 Å². The van der Waals surface area contributed by atoms with Gasteiger partial charge in [0.1, 0.15) is 5.82 Å². The summed E-state index contributed by atoms with van der Waals surface area (Å²) in [5, 5.41) is 2.94. The van der Waals surface area contributed by atoms with Gasteiger partial charge in [-0.05, 0) is 59.2 Å². The highest BCUT2D eigenvalue weighted by Crippen LogP contribution is 2.41. The molecule has 2 aromatic heterocycles. The fourth-order valence-corrected chi connectivity index (χ4v) is 5.76. The van der Waals surface area contributed by atoms with Crippen LogP contribution in [0.3, 0.4) is 0 Å². The van der Waals surface area contributed by atoms with Gasteiger partial charge in [0.2, 0.25) is 5.91 Å². The Morgan fingerprint density at radius 3 is 2.67 bits per heavy atom. The molecule has 8 nitrogen and oxygen atoms in total. The van der Waals surface area contributed by atoms with Crippen molar-refractivity contribution in [2.24, 2.45) is 11.8 Å². The Hall–Kier alpha value is -4.14. The van der Waals surface area contributed by atoms with Gasteiger partial charge in [-0.1, -0.05) is 36.4 Å². The number of rotatable bonds is 7. The second-order valence-corrected chi connectivity index (χ2v) is 10.6. The van der Waals surface area contributed by atoms with Gasteiger partial charge in [0, 0.05) is 63.0 Å². The van der Waals surface area contributed by atoms with Crippen LogP contribution in [0.15, 0.2) is 79.3 Å². The standard InChI is InChI=1S/C32H33N5O3/c38-30(37-21-27-16-26(17-28(27)22-37)24-5-2-1-3-6-24)9-8-23-15-29(20-36-11-13-40-14-12-36)31(34-18-23)35-32(39)25-7-4-10-33-19-25/h1-10,15-16,18-19,27-28H,11-14,17,20-22H2,(H,34,35,39)/b9-8+. The Kier molecular flexibility index (Phi) is 7.79. The smallest absolute Gasteiger partial charge is 0.258 e. The molecular formula is C32H33N5O3. The molecule has 2 aliphatic heterocycles. The van der Waals surface area contributed by atoms with Crippen LogP contribution in [0.25, 0.3) is 11.6 Å². The van der Waals surface area contributed by atoms with E-state index in [1.807, 2.05) is 23.1 Å². The average molecular weight is 536 g/mol. The molecule has 0 spiro atoms. The van der Waals surface area contributed by atoms with Crippen molar-refractivity contribution in [3.05, 3.63) is 102 Å². The number of nitrogens with zero attached hydrogens (tertiary/aromatic N) is 4. The number of benzene rings is 1. The van der Waals surface area contributed by atoms with Gasteiger partial charge in [-0.25, -0.2) is 4.98 Å². The monoisotopic (exact) mass is 535 g/mol. The molecule has 0 bridgehead atoms. The molecule has 0 radical (unpaired) electrons. The molecular weight excluding hydrogens is 502 g/mol. The van der Waals surface area contributed by atoms with E-state index in [9.17, 15) is 9.59 Å². The quantitative estimate of drug-likeness (QED) is 0.458. The van der Waals surface area contributed by atoms with Crippen LogP contribution in [0, 0.1) is 11.8 Å². The number of carbonyl (C=O) groups excluding carboxylic acids is 2. The predicted octanol–water partition coefficient (Wildman–Crippen LogP) is 4.14. The number of fused-ring (bicyclic) bond motifs is 1. The number of hydrogen-bond donors (Lipinski definition) is 1. The SMILES string of the molecule is O=C(Nc1ncc(/C=C/C(=O)N2CC3C=C(c4ccccc4)CC3C2)cc1CN1CCOCC1)c1cccnc1. The molecule has 2 fully saturated rings. The Balaban J connectivity index is 1.14. The van der Waals surface area contributed by atoms with Crippen molar-refractivity contribution < 1.29 is 14.3 Å². The van der Waals surface area contributed by atoms with Crippen LogP contribution in [0.2, 0.25) is 0 Å². The first kappa shape index (κ1) is 26.1. The zero-order valence-corrected chi connectivity index (χ0v) is 22.4. The molecule has 204 valence electrons. The largest absolute Gasteiger partial charge is 0.379 e. The van der Waals surface area contributed by atoms with Crippen LogP contribution in [-0.4, -0.2) is 71.0 Å². The highest BCUT2D eigenvalue weighted by Gasteiger charge is 2.37. The van der Waals surface area contributed by atoms with E-state index in [-0.39, 0.29) is 11.8 Å². The number of pyridine rings is 2. The highest BCUT2D eigenvalue weighted by molar-refractivity contribution is 6.04. The summed E-state index contributed by atoms with van der Waals surface area (Å²) in [6.07, 6.45) is 11.7. The Bertz CT molecular complexity index is 1420. The molecule has 0 saturated carbocycles. The zero-order chi connectivity index (χ0) is 27.3.